The summed E-state index contributed by atoms with van der Waals surface area (Å²) in [5.41, 5.74) is -0.148. The first-order valence-electron chi connectivity index (χ1n) is 6.45. The molecule has 1 N–H and O–H groups in total. The molecule has 5 heteroatoms. The van der Waals surface area contributed by atoms with Gasteiger partial charge in [-0.05, 0) is 26.0 Å². The Labute approximate surface area is 111 Å². The van der Waals surface area contributed by atoms with Gasteiger partial charge in [-0.25, -0.2) is 8.78 Å². The number of halogens is 2. The van der Waals surface area contributed by atoms with E-state index in [1.54, 1.807) is 4.90 Å². The third kappa shape index (κ3) is 2.92. The van der Waals surface area contributed by atoms with E-state index in [1.807, 2.05) is 13.8 Å². The molecule has 1 aliphatic rings. The number of hydrogen-bond acceptors (Lipinski definition) is 2. The van der Waals surface area contributed by atoms with Crippen molar-refractivity contribution < 1.29 is 13.6 Å². The van der Waals surface area contributed by atoms with E-state index in [0.717, 1.165) is 0 Å². The molecule has 19 heavy (non-hydrogen) atoms. The summed E-state index contributed by atoms with van der Waals surface area (Å²) in [6.07, 6.45) is -0.229. The Kier molecular flexibility index (Phi) is 4.14. The molecular formula is C14H18F2N2O. The van der Waals surface area contributed by atoms with Crippen LogP contribution in [0, 0.1) is 11.6 Å². The lowest BCUT2D eigenvalue weighted by molar-refractivity contribution is -0.135. The van der Waals surface area contributed by atoms with Gasteiger partial charge in [-0.15, -0.1) is 0 Å². The Bertz CT molecular complexity index is 448. The first kappa shape index (κ1) is 13.9. The maximum atomic E-state index is 13.5. The topological polar surface area (TPSA) is 32.3 Å². The van der Waals surface area contributed by atoms with E-state index >= 15 is 0 Å². The van der Waals surface area contributed by atoms with E-state index in [1.165, 1.54) is 18.2 Å². The Morgan fingerprint density at radius 3 is 2.32 bits per heavy atom. The second-order valence-electron chi connectivity index (χ2n) is 5.03. The van der Waals surface area contributed by atoms with Crippen molar-refractivity contribution in [2.75, 3.05) is 13.1 Å². The highest BCUT2D eigenvalue weighted by atomic mass is 19.1. The lowest BCUT2D eigenvalue weighted by Gasteiger charge is -2.39. The standard InChI is InChI=1S/C14H18F2N2O/c1-9-7-17-8-10(2)18(9)14(19)6-11-12(15)4-3-5-13(11)16/h3-5,9-10,17H,6-8H2,1-2H3. The maximum absolute atomic E-state index is 13.5. The predicted octanol–water partition coefficient (Wildman–Crippen LogP) is 1.72. The van der Waals surface area contributed by atoms with Gasteiger partial charge in [-0.1, -0.05) is 6.07 Å². The van der Waals surface area contributed by atoms with Crippen LogP contribution in [0.4, 0.5) is 8.78 Å². The van der Waals surface area contributed by atoms with Gasteiger partial charge in [-0.2, -0.15) is 0 Å². The number of benzene rings is 1. The van der Waals surface area contributed by atoms with Crippen LogP contribution in [0.25, 0.3) is 0 Å². The van der Waals surface area contributed by atoms with Crippen LogP contribution >= 0.6 is 0 Å². The fourth-order valence-corrected chi connectivity index (χ4v) is 2.57. The van der Waals surface area contributed by atoms with Gasteiger partial charge in [-0.3, -0.25) is 4.79 Å². The molecule has 2 rings (SSSR count). The van der Waals surface area contributed by atoms with Crippen molar-refractivity contribution in [1.82, 2.24) is 10.2 Å². The third-order valence-corrected chi connectivity index (χ3v) is 3.51. The van der Waals surface area contributed by atoms with Gasteiger partial charge >= 0.3 is 0 Å². The van der Waals surface area contributed by atoms with Crippen molar-refractivity contribution in [2.24, 2.45) is 0 Å². The Balaban J connectivity index is 2.16. The zero-order valence-electron chi connectivity index (χ0n) is 11.1. The van der Waals surface area contributed by atoms with E-state index in [4.69, 9.17) is 0 Å². The van der Waals surface area contributed by atoms with Crippen molar-refractivity contribution >= 4 is 5.91 Å². The Morgan fingerprint density at radius 2 is 1.79 bits per heavy atom. The van der Waals surface area contributed by atoms with Gasteiger partial charge in [0.25, 0.3) is 0 Å². The number of amides is 1. The van der Waals surface area contributed by atoms with Crippen LogP contribution < -0.4 is 5.32 Å². The average Bonchev–Trinajstić information content (AvgIpc) is 2.34. The molecule has 1 saturated heterocycles. The second-order valence-corrected chi connectivity index (χ2v) is 5.03. The summed E-state index contributed by atoms with van der Waals surface area (Å²) < 4.78 is 27.1. The SMILES string of the molecule is CC1CNCC(C)N1C(=O)Cc1c(F)cccc1F. The van der Waals surface area contributed by atoms with E-state index in [2.05, 4.69) is 5.32 Å². The molecule has 1 aromatic carbocycles. The molecule has 0 aliphatic carbocycles. The molecular weight excluding hydrogens is 250 g/mol. The zero-order valence-corrected chi connectivity index (χ0v) is 11.1. The fourth-order valence-electron chi connectivity index (χ4n) is 2.57. The second kappa shape index (κ2) is 5.65. The largest absolute Gasteiger partial charge is 0.334 e. The summed E-state index contributed by atoms with van der Waals surface area (Å²) in [5.74, 6) is -1.56. The van der Waals surface area contributed by atoms with Crippen LogP contribution in [-0.4, -0.2) is 36.0 Å². The van der Waals surface area contributed by atoms with Gasteiger partial charge < -0.3 is 10.2 Å². The van der Waals surface area contributed by atoms with Crippen molar-refractivity contribution in [1.29, 1.82) is 0 Å². The quantitative estimate of drug-likeness (QED) is 0.885. The molecule has 2 unspecified atom stereocenters. The van der Waals surface area contributed by atoms with E-state index in [-0.39, 0.29) is 30.0 Å². The van der Waals surface area contributed by atoms with Gasteiger partial charge in [0, 0.05) is 30.7 Å². The lowest BCUT2D eigenvalue weighted by atomic mass is 10.1. The highest BCUT2D eigenvalue weighted by Crippen LogP contribution is 2.17. The van der Waals surface area contributed by atoms with E-state index in [0.29, 0.717) is 13.1 Å². The van der Waals surface area contributed by atoms with Crippen LogP contribution in [0.1, 0.15) is 19.4 Å². The number of piperazine rings is 1. The van der Waals surface area contributed by atoms with Crippen molar-refractivity contribution in [3.8, 4) is 0 Å². The molecule has 1 aromatic rings. The summed E-state index contributed by atoms with van der Waals surface area (Å²) in [7, 11) is 0. The van der Waals surface area contributed by atoms with Gasteiger partial charge in [0.2, 0.25) is 5.91 Å². The summed E-state index contributed by atoms with van der Waals surface area (Å²) in [6, 6.07) is 3.72. The van der Waals surface area contributed by atoms with Crippen LogP contribution in [-0.2, 0) is 11.2 Å². The molecule has 1 amide bonds. The summed E-state index contributed by atoms with van der Waals surface area (Å²) in [5, 5.41) is 3.21. The zero-order chi connectivity index (χ0) is 14.0. The van der Waals surface area contributed by atoms with Crippen molar-refractivity contribution in [2.45, 2.75) is 32.4 Å². The first-order chi connectivity index (χ1) is 9.00. The molecule has 0 bridgehead atoms. The predicted molar refractivity (Wildman–Crippen MR) is 68.7 cm³/mol. The smallest absolute Gasteiger partial charge is 0.227 e. The maximum Gasteiger partial charge on any atom is 0.227 e. The van der Waals surface area contributed by atoms with Gasteiger partial charge in [0.05, 0.1) is 6.42 Å². The third-order valence-electron chi connectivity index (χ3n) is 3.51. The molecule has 3 nitrogen and oxygen atoms in total. The molecule has 0 aromatic heterocycles. The molecule has 1 fully saturated rings. The lowest BCUT2D eigenvalue weighted by Crippen LogP contribution is -2.57. The Hall–Kier alpha value is -1.49. The monoisotopic (exact) mass is 268 g/mol. The molecule has 104 valence electrons. The minimum absolute atomic E-state index is 0.0334. The number of hydrogen-bond donors (Lipinski definition) is 1. The van der Waals surface area contributed by atoms with Gasteiger partial charge in [0.15, 0.2) is 0 Å². The number of nitrogens with one attached hydrogen (secondary N) is 1. The van der Waals surface area contributed by atoms with Crippen LogP contribution in [0.15, 0.2) is 18.2 Å². The molecule has 2 atom stereocenters. The minimum atomic E-state index is -0.663. The summed E-state index contributed by atoms with van der Waals surface area (Å²) >= 11 is 0. The van der Waals surface area contributed by atoms with E-state index < -0.39 is 11.6 Å². The summed E-state index contributed by atoms with van der Waals surface area (Å²) in [6.45, 7) is 5.27. The highest BCUT2D eigenvalue weighted by Gasteiger charge is 2.29. The molecule has 1 aliphatic heterocycles. The van der Waals surface area contributed by atoms with Crippen LogP contribution in [0.2, 0.25) is 0 Å². The first-order valence-corrected chi connectivity index (χ1v) is 6.45. The van der Waals surface area contributed by atoms with Crippen LogP contribution in [0.3, 0.4) is 0 Å². The van der Waals surface area contributed by atoms with Gasteiger partial charge in [0.1, 0.15) is 11.6 Å². The van der Waals surface area contributed by atoms with Crippen LogP contribution in [0.5, 0.6) is 0 Å². The van der Waals surface area contributed by atoms with Crippen molar-refractivity contribution in [3.63, 3.8) is 0 Å². The number of carbonyl (C=O) groups excluding carboxylic acids is 1. The highest BCUT2D eigenvalue weighted by molar-refractivity contribution is 5.79. The van der Waals surface area contributed by atoms with Crippen molar-refractivity contribution in [3.05, 3.63) is 35.4 Å². The molecule has 1 heterocycles. The number of carbonyl (C=O) groups is 1. The number of rotatable bonds is 2. The average molecular weight is 268 g/mol. The number of nitrogens with zero attached hydrogens (tertiary/aromatic N) is 1. The molecule has 0 spiro atoms. The fraction of sp³-hybridized carbons (Fsp3) is 0.500. The summed E-state index contributed by atoms with van der Waals surface area (Å²) in [4.78, 5) is 14.0. The molecule has 0 saturated carbocycles. The van der Waals surface area contributed by atoms with E-state index in [9.17, 15) is 13.6 Å². The minimum Gasteiger partial charge on any atom is -0.334 e. The normalized spacial score (nSPS) is 23.5. The Morgan fingerprint density at radius 1 is 1.26 bits per heavy atom. The molecule has 0 radical (unpaired) electrons.